The first kappa shape index (κ1) is 25.3. The van der Waals surface area contributed by atoms with E-state index in [-0.39, 0.29) is 0 Å². The molecule has 0 saturated carbocycles. The van der Waals surface area contributed by atoms with Gasteiger partial charge in [0.15, 0.2) is 0 Å². The fourth-order valence-electron chi connectivity index (χ4n) is 7.76. The Morgan fingerprint density at radius 3 is 1.88 bits per heavy atom. The van der Waals surface area contributed by atoms with Crippen LogP contribution in [0.25, 0.3) is 55.1 Å². The number of aromatic nitrogens is 1. The number of halogens is 3. The van der Waals surface area contributed by atoms with Crippen LogP contribution in [0.1, 0.15) is 55.5 Å². The minimum Gasteiger partial charge on any atom is -0.256 e. The van der Waals surface area contributed by atoms with Crippen molar-refractivity contribution >= 4 is 21.5 Å². The van der Waals surface area contributed by atoms with E-state index in [0.29, 0.717) is 5.56 Å². The maximum absolute atomic E-state index is 14.4. The van der Waals surface area contributed by atoms with Gasteiger partial charge in [0.2, 0.25) is 0 Å². The molecule has 0 spiro atoms. The molecule has 0 unspecified atom stereocenters. The van der Waals surface area contributed by atoms with Gasteiger partial charge in [-0.2, -0.15) is 13.2 Å². The summed E-state index contributed by atoms with van der Waals surface area (Å²) in [6.45, 7) is 8.17. The molecular weight excluding hydrogens is 527 g/mol. The third kappa shape index (κ3) is 3.18. The van der Waals surface area contributed by atoms with Gasteiger partial charge in [-0.15, -0.1) is 0 Å². The van der Waals surface area contributed by atoms with Crippen LogP contribution in [0.5, 0.6) is 0 Å². The van der Waals surface area contributed by atoms with Crippen LogP contribution in [0.3, 0.4) is 0 Å². The molecule has 1 nitrogen and oxygen atoms in total. The molecule has 6 aromatic rings. The maximum Gasteiger partial charge on any atom is 0.416 e. The van der Waals surface area contributed by atoms with Gasteiger partial charge >= 0.3 is 6.18 Å². The summed E-state index contributed by atoms with van der Waals surface area (Å²) in [5.74, 6) is 0. The fraction of sp³-hybridized carbons (Fsp3) is 0.184. The Labute approximate surface area is 242 Å². The Morgan fingerprint density at radius 1 is 0.548 bits per heavy atom. The first-order chi connectivity index (χ1) is 20.0. The van der Waals surface area contributed by atoms with Crippen molar-refractivity contribution in [3.05, 3.63) is 125 Å². The molecule has 1 aromatic heterocycles. The molecule has 0 bridgehead atoms. The number of rotatable bonds is 2. The molecule has 0 N–H and O–H groups in total. The number of benzene rings is 5. The van der Waals surface area contributed by atoms with E-state index in [1.54, 1.807) is 6.07 Å². The molecule has 206 valence electrons. The number of hydrogen-bond donors (Lipinski definition) is 0. The summed E-state index contributed by atoms with van der Waals surface area (Å²) >= 11 is 0. The van der Waals surface area contributed by atoms with Gasteiger partial charge in [-0.1, -0.05) is 100 Å². The van der Waals surface area contributed by atoms with Crippen molar-refractivity contribution < 1.29 is 13.2 Å². The molecule has 0 fully saturated rings. The number of alkyl halides is 3. The summed E-state index contributed by atoms with van der Waals surface area (Å²) in [6.07, 6.45) is -2.57. The van der Waals surface area contributed by atoms with Gasteiger partial charge in [-0.05, 0) is 78.9 Å². The SMILES string of the molecule is CC1(C)c2cc3c(ccc4c(-c5ccc(-c6ccccc6)cc5)nccc43)c3c2-c2c(ccc(C(F)(F)F)c21)C3(C)C. The quantitative estimate of drug-likeness (QED) is 0.194. The van der Waals surface area contributed by atoms with E-state index < -0.39 is 22.6 Å². The Balaban J connectivity index is 1.38. The largest absolute Gasteiger partial charge is 0.416 e. The summed E-state index contributed by atoms with van der Waals surface area (Å²) < 4.78 is 43.1. The third-order valence-corrected chi connectivity index (χ3v) is 9.69. The predicted molar refractivity (Wildman–Crippen MR) is 165 cm³/mol. The lowest BCUT2D eigenvalue weighted by atomic mass is 9.72. The topological polar surface area (TPSA) is 12.9 Å². The van der Waals surface area contributed by atoms with Crippen molar-refractivity contribution in [2.75, 3.05) is 0 Å². The molecule has 42 heavy (non-hydrogen) atoms. The zero-order valence-corrected chi connectivity index (χ0v) is 23.8. The molecule has 8 rings (SSSR count). The van der Waals surface area contributed by atoms with Gasteiger partial charge in [0, 0.05) is 28.0 Å². The van der Waals surface area contributed by atoms with E-state index in [1.165, 1.54) is 6.07 Å². The van der Waals surface area contributed by atoms with Crippen molar-refractivity contribution in [3.63, 3.8) is 0 Å². The summed E-state index contributed by atoms with van der Waals surface area (Å²) in [6, 6.07) is 30.2. The van der Waals surface area contributed by atoms with Crippen LogP contribution in [0.15, 0.2) is 97.2 Å². The maximum atomic E-state index is 14.4. The van der Waals surface area contributed by atoms with Gasteiger partial charge < -0.3 is 0 Å². The van der Waals surface area contributed by atoms with Crippen molar-refractivity contribution in [2.24, 2.45) is 0 Å². The van der Waals surface area contributed by atoms with Crippen LogP contribution in [0, 0.1) is 0 Å². The number of pyridine rings is 1. The molecule has 0 radical (unpaired) electrons. The van der Waals surface area contributed by atoms with E-state index in [1.807, 2.05) is 44.3 Å². The van der Waals surface area contributed by atoms with Crippen LogP contribution in [0.4, 0.5) is 13.2 Å². The summed E-state index contributed by atoms with van der Waals surface area (Å²) in [5, 5.41) is 4.25. The Kier molecular flexibility index (Phi) is 4.87. The lowest BCUT2D eigenvalue weighted by Crippen LogP contribution is -2.25. The first-order valence-electron chi connectivity index (χ1n) is 14.3. The molecule has 0 atom stereocenters. The van der Waals surface area contributed by atoms with Gasteiger partial charge in [-0.3, -0.25) is 4.98 Å². The Morgan fingerprint density at radius 2 is 1.17 bits per heavy atom. The zero-order chi connectivity index (χ0) is 29.2. The van der Waals surface area contributed by atoms with Crippen molar-refractivity contribution in [1.29, 1.82) is 0 Å². The number of hydrogen-bond acceptors (Lipinski definition) is 1. The molecule has 2 aliphatic carbocycles. The second kappa shape index (κ2) is 8.10. The minimum atomic E-state index is -4.42. The van der Waals surface area contributed by atoms with E-state index in [2.05, 4.69) is 68.4 Å². The van der Waals surface area contributed by atoms with Crippen molar-refractivity contribution in [2.45, 2.75) is 44.7 Å². The van der Waals surface area contributed by atoms with E-state index in [0.717, 1.165) is 71.7 Å². The number of fused-ring (bicyclic) bond motifs is 4. The van der Waals surface area contributed by atoms with Crippen LogP contribution in [-0.2, 0) is 17.0 Å². The number of nitrogens with zero attached hydrogens (tertiary/aromatic N) is 1. The highest BCUT2D eigenvalue weighted by molar-refractivity contribution is 6.15. The fourth-order valence-corrected chi connectivity index (χ4v) is 7.76. The summed E-state index contributed by atoms with van der Waals surface area (Å²) in [4.78, 5) is 4.80. The van der Waals surface area contributed by atoms with Gasteiger partial charge in [0.1, 0.15) is 0 Å². The van der Waals surface area contributed by atoms with Gasteiger partial charge in [0.25, 0.3) is 0 Å². The van der Waals surface area contributed by atoms with Crippen LogP contribution in [-0.4, -0.2) is 4.98 Å². The van der Waals surface area contributed by atoms with E-state index >= 15 is 0 Å². The second-order valence-corrected chi connectivity index (χ2v) is 12.7. The smallest absolute Gasteiger partial charge is 0.256 e. The molecule has 2 aliphatic rings. The molecule has 4 heteroatoms. The third-order valence-electron chi connectivity index (χ3n) is 9.69. The standard InChI is InChI=1S/C38H28F3N/c1-36(2)28-16-17-29(38(39,40)41)34-31(28)32-30(37(34,3)4)20-27-24-18-19-42-35(26(24)15-14-25(27)33(32)36)23-12-10-22(11-13-23)21-8-6-5-7-9-21/h5-20H,1-4H3. The van der Waals surface area contributed by atoms with Crippen LogP contribution >= 0.6 is 0 Å². The Bertz CT molecular complexity index is 2100. The molecule has 0 aliphatic heterocycles. The van der Waals surface area contributed by atoms with Crippen LogP contribution < -0.4 is 0 Å². The predicted octanol–water partition coefficient (Wildman–Crippen LogP) is 10.7. The average Bonchev–Trinajstić information content (AvgIpc) is 3.36. The van der Waals surface area contributed by atoms with E-state index in [4.69, 9.17) is 4.98 Å². The molecule has 0 saturated heterocycles. The normalized spacial score (nSPS) is 15.9. The Hall–Kier alpha value is -4.44. The summed E-state index contributed by atoms with van der Waals surface area (Å²) in [7, 11) is 0. The minimum absolute atomic E-state index is 0.412. The van der Waals surface area contributed by atoms with Gasteiger partial charge in [0.05, 0.1) is 11.3 Å². The van der Waals surface area contributed by atoms with Crippen molar-refractivity contribution in [3.8, 4) is 33.5 Å². The molecule has 1 heterocycles. The zero-order valence-electron chi connectivity index (χ0n) is 23.8. The van der Waals surface area contributed by atoms with Gasteiger partial charge in [-0.25, -0.2) is 0 Å². The highest BCUT2D eigenvalue weighted by Gasteiger charge is 2.52. The lowest BCUT2D eigenvalue weighted by molar-refractivity contribution is -0.138. The van der Waals surface area contributed by atoms with Crippen LogP contribution in [0.2, 0.25) is 0 Å². The first-order valence-corrected chi connectivity index (χ1v) is 14.3. The molecule has 5 aromatic carbocycles. The highest BCUT2D eigenvalue weighted by atomic mass is 19.4. The van der Waals surface area contributed by atoms with Crippen molar-refractivity contribution in [1.82, 2.24) is 4.98 Å². The van der Waals surface area contributed by atoms with E-state index in [9.17, 15) is 13.2 Å². The summed E-state index contributed by atoms with van der Waals surface area (Å²) in [5.41, 5.74) is 7.78. The lowest BCUT2D eigenvalue weighted by Gasteiger charge is -2.31. The molecule has 0 amide bonds. The molecular formula is C38H28F3N. The monoisotopic (exact) mass is 555 g/mol. The highest BCUT2D eigenvalue weighted by Crippen LogP contribution is 2.64. The second-order valence-electron chi connectivity index (χ2n) is 12.7. The average molecular weight is 556 g/mol.